The molecule has 0 saturated carbocycles. The van der Waals surface area contributed by atoms with Crippen molar-refractivity contribution in [1.29, 1.82) is 0 Å². The van der Waals surface area contributed by atoms with E-state index in [4.69, 9.17) is 0 Å². The first-order valence-electron chi connectivity index (χ1n) is 7.89. The summed E-state index contributed by atoms with van der Waals surface area (Å²) in [6, 6.07) is 5.18. The third-order valence-electron chi connectivity index (χ3n) is 4.36. The second-order valence-electron chi connectivity index (χ2n) is 6.24. The minimum atomic E-state index is -3.79. The first-order valence-corrected chi connectivity index (χ1v) is 11.2. The molecule has 1 amide bonds. The molecule has 2 saturated heterocycles. The van der Waals surface area contributed by atoms with E-state index in [0.29, 0.717) is 5.56 Å². The molecular weight excluding hydrogens is 352 g/mol. The van der Waals surface area contributed by atoms with Crippen molar-refractivity contribution < 1.29 is 21.6 Å². The zero-order valence-corrected chi connectivity index (χ0v) is 14.8. The van der Waals surface area contributed by atoms with Gasteiger partial charge in [0.25, 0.3) is 5.91 Å². The number of carbonyl (C=O) groups excluding carboxylic acids is 1. The molecule has 0 aromatic heterocycles. The highest BCUT2D eigenvalue weighted by molar-refractivity contribution is 7.92. The summed E-state index contributed by atoms with van der Waals surface area (Å²) >= 11 is 0. The Morgan fingerprint density at radius 1 is 1.12 bits per heavy atom. The summed E-state index contributed by atoms with van der Waals surface area (Å²) in [7, 11) is -6.95. The molecule has 7 nitrogen and oxygen atoms in total. The molecule has 1 aromatic rings. The van der Waals surface area contributed by atoms with Crippen LogP contribution in [-0.4, -0.2) is 58.3 Å². The van der Waals surface area contributed by atoms with E-state index in [2.05, 4.69) is 4.72 Å². The Balaban J connectivity index is 1.71. The van der Waals surface area contributed by atoms with Crippen molar-refractivity contribution in [2.24, 2.45) is 0 Å². The van der Waals surface area contributed by atoms with Crippen molar-refractivity contribution in [1.82, 2.24) is 9.62 Å². The molecule has 9 heteroatoms. The number of carbonyl (C=O) groups is 1. The smallest absolute Gasteiger partial charge is 0.253 e. The summed E-state index contributed by atoms with van der Waals surface area (Å²) in [4.78, 5) is 14.0. The monoisotopic (exact) mass is 372 g/mol. The topological polar surface area (TPSA) is 101 Å². The van der Waals surface area contributed by atoms with Crippen LogP contribution in [0.25, 0.3) is 0 Å². The van der Waals surface area contributed by atoms with E-state index >= 15 is 0 Å². The van der Waals surface area contributed by atoms with Crippen molar-refractivity contribution in [3.8, 4) is 0 Å². The second kappa shape index (κ2) is 6.45. The zero-order valence-electron chi connectivity index (χ0n) is 13.1. The van der Waals surface area contributed by atoms with Gasteiger partial charge in [-0.2, -0.15) is 0 Å². The number of sulfone groups is 1. The molecule has 2 aliphatic rings. The van der Waals surface area contributed by atoms with Crippen LogP contribution in [0.1, 0.15) is 29.6 Å². The maximum absolute atomic E-state index is 12.3. The average Bonchev–Trinajstić information content (AvgIpc) is 3.16. The first kappa shape index (κ1) is 17.4. The van der Waals surface area contributed by atoms with Crippen LogP contribution in [0.4, 0.5) is 0 Å². The first-order chi connectivity index (χ1) is 11.3. The van der Waals surface area contributed by atoms with Gasteiger partial charge in [0, 0.05) is 24.7 Å². The van der Waals surface area contributed by atoms with E-state index in [-0.39, 0.29) is 28.7 Å². The van der Waals surface area contributed by atoms with Crippen molar-refractivity contribution in [3.63, 3.8) is 0 Å². The van der Waals surface area contributed by atoms with Crippen molar-refractivity contribution in [2.45, 2.75) is 30.2 Å². The van der Waals surface area contributed by atoms with Gasteiger partial charge in [-0.3, -0.25) is 4.79 Å². The lowest BCUT2D eigenvalue weighted by Gasteiger charge is -2.16. The van der Waals surface area contributed by atoms with Crippen molar-refractivity contribution >= 4 is 25.8 Å². The lowest BCUT2D eigenvalue weighted by Crippen LogP contribution is -2.35. The van der Waals surface area contributed by atoms with Crippen LogP contribution in [0.15, 0.2) is 29.2 Å². The van der Waals surface area contributed by atoms with Gasteiger partial charge < -0.3 is 4.90 Å². The van der Waals surface area contributed by atoms with E-state index in [1.807, 2.05) is 0 Å². The molecule has 2 aliphatic heterocycles. The highest BCUT2D eigenvalue weighted by Gasteiger charge is 2.31. The third kappa shape index (κ3) is 3.79. The molecule has 1 aromatic carbocycles. The molecule has 0 radical (unpaired) electrons. The highest BCUT2D eigenvalue weighted by atomic mass is 32.2. The van der Waals surface area contributed by atoms with E-state index in [9.17, 15) is 21.6 Å². The number of likely N-dealkylation sites (tertiary alicyclic amines) is 1. The minimum Gasteiger partial charge on any atom is -0.339 e. The predicted molar refractivity (Wildman–Crippen MR) is 89.0 cm³/mol. The van der Waals surface area contributed by atoms with Crippen LogP contribution >= 0.6 is 0 Å². The number of rotatable bonds is 4. The number of amides is 1. The summed E-state index contributed by atoms with van der Waals surface area (Å²) in [6.45, 7) is 1.47. The van der Waals surface area contributed by atoms with Gasteiger partial charge in [-0.1, -0.05) is 0 Å². The fraction of sp³-hybridized carbons (Fsp3) is 0.533. The van der Waals surface area contributed by atoms with Crippen molar-refractivity contribution in [3.05, 3.63) is 29.8 Å². The lowest BCUT2D eigenvalue weighted by molar-refractivity contribution is 0.0792. The van der Waals surface area contributed by atoms with Gasteiger partial charge in [0.15, 0.2) is 9.84 Å². The molecule has 1 atom stereocenters. The predicted octanol–water partition coefficient (Wildman–Crippen LogP) is 0.388. The van der Waals surface area contributed by atoms with E-state index in [0.717, 1.165) is 25.9 Å². The summed E-state index contributed by atoms with van der Waals surface area (Å²) in [5, 5.41) is 0. The number of nitrogens with zero attached hydrogens (tertiary/aromatic N) is 1. The average molecular weight is 372 g/mol. The van der Waals surface area contributed by atoms with E-state index < -0.39 is 25.9 Å². The van der Waals surface area contributed by atoms with Gasteiger partial charge in [0.1, 0.15) is 0 Å². The Bertz CT molecular complexity index is 825. The summed E-state index contributed by atoms with van der Waals surface area (Å²) < 4.78 is 50.0. The molecule has 2 fully saturated rings. The van der Waals surface area contributed by atoms with E-state index in [1.165, 1.54) is 24.3 Å². The van der Waals surface area contributed by atoms with Crippen LogP contribution in [0, 0.1) is 0 Å². The Morgan fingerprint density at radius 3 is 2.29 bits per heavy atom. The van der Waals surface area contributed by atoms with Crippen LogP contribution in [0.3, 0.4) is 0 Å². The molecule has 0 spiro atoms. The quantitative estimate of drug-likeness (QED) is 0.824. The maximum atomic E-state index is 12.3. The van der Waals surface area contributed by atoms with Gasteiger partial charge in [-0.15, -0.1) is 0 Å². The number of benzene rings is 1. The summed E-state index contributed by atoms with van der Waals surface area (Å²) in [5.41, 5.74) is 0.458. The fourth-order valence-corrected chi connectivity index (χ4v) is 6.10. The number of sulfonamides is 1. The molecule has 1 N–H and O–H groups in total. The van der Waals surface area contributed by atoms with Gasteiger partial charge in [-0.05, 0) is 43.5 Å². The van der Waals surface area contributed by atoms with Gasteiger partial charge >= 0.3 is 0 Å². The SMILES string of the molecule is O=C(c1ccc(S(=O)(=O)N[C@@H]2CCS(=O)(=O)C2)cc1)N1CCCC1. The standard InChI is InChI=1S/C15H20N2O5S2/c18-15(17-8-1-2-9-17)12-3-5-14(6-4-12)24(21,22)16-13-7-10-23(19,20)11-13/h3-6,13,16H,1-2,7-11H2/t13-/m1/s1. The molecule has 2 heterocycles. The fourth-order valence-electron chi connectivity index (χ4n) is 3.05. The number of nitrogens with one attached hydrogen (secondary N) is 1. The third-order valence-corrected chi connectivity index (χ3v) is 7.66. The van der Waals surface area contributed by atoms with Crippen LogP contribution in [-0.2, 0) is 19.9 Å². The zero-order chi connectivity index (χ0) is 17.4. The van der Waals surface area contributed by atoms with Gasteiger partial charge in [0.2, 0.25) is 10.0 Å². The Morgan fingerprint density at radius 2 is 1.75 bits per heavy atom. The summed E-state index contributed by atoms with van der Waals surface area (Å²) in [6.07, 6.45) is 2.27. The summed E-state index contributed by atoms with van der Waals surface area (Å²) in [5.74, 6) is -0.257. The number of hydrogen-bond acceptors (Lipinski definition) is 5. The normalized spacial score (nSPS) is 23.5. The van der Waals surface area contributed by atoms with Crippen LogP contribution in [0.2, 0.25) is 0 Å². The van der Waals surface area contributed by atoms with Crippen LogP contribution < -0.4 is 4.72 Å². The van der Waals surface area contributed by atoms with Crippen LogP contribution in [0.5, 0.6) is 0 Å². The van der Waals surface area contributed by atoms with Gasteiger partial charge in [0.05, 0.1) is 16.4 Å². The number of hydrogen-bond donors (Lipinski definition) is 1. The Kier molecular flexibility index (Phi) is 4.67. The molecule has 3 rings (SSSR count). The molecule has 24 heavy (non-hydrogen) atoms. The molecule has 0 aliphatic carbocycles. The maximum Gasteiger partial charge on any atom is 0.253 e. The van der Waals surface area contributed by atoms with Gasteiger partial charge in [-0.25, -0.2) is 21.6 Å². The Labute approximate surface area is 142 Å². The lowest BCUT2D eigenvalue weighted by atomic mass is 10.2. The Hall–Kier alpha value is -1.45. The largest absolute Gasteiger partial charge is 0.339 e. The second-order valence-corrected chi connectivity index (χ2v) is 10.2. The minimum absolute atomic E-state index is 0.00343. The van der Waals surface area contributed by atoms with E-state index in [1.54, 1.807) is 4.90 Å². The molecular formula is C15H20N2O5S2. The molecule has 0 unspecified atom stereocenters. The molecule has 0 bridgehead atoms. The highest BCUT2D eigenvalue weighted by Crippen LogP contribution is 2.18. The van der Waals surface area contributed by atoms with Crippen molar-refractivity contribution in [2.75, 3.05) is 24.6 Å². The molecule has 132 valence electrons.